The van der Waals surface area contributed by atoms with E-state index in [1.807, 2.05) is 26.8 Å². The number of hydrogen-bond donors (Lipinski definition) is 1. The molecule has 0 fully saturated rings. The first-order chi connectivity index (χ1) is 6.20. The topological polar surface area (TPSA) is 37.3 Å². The maximum absolute atomic E-state index is 10.2. The molecule has 0 rings (SSSR count). The highest BCUT2D eigenvalue weighted by molar-refractivity contribution is 5.71. The molecule has 2 nitrogen and oxygen atoms in total. The molecular weight excluding hydrogens is 164 g/mol. The summed E-state index contributed by atoms with van der Waals surface area (Å²) < 4.78 is 0. The van der Waals surface area contributed by atoms with E-state index in [9.17, 15) is 4.79 Å². The Hall–Kier alpha value is -1.31. The van der Waals surface area contributed by atoms with Crippen molar-refractivity contribution in [3.63, 3.8) is 0 Å². The molecule has 0 bridgehead atoms. The fraction of sp³-hybridized carbons (Fsp3) is 0.364. The lowest BCUT2D eigenvalue weighted by atomic mass is 10.2. The molecule has 0 aliphatic carbocycles. The Labute approximate surface area is 80.3 Å². The Morgan fingerprint density at radius 3 is 2.31 bits per heavy atom. The zero-order valence-corrected chi connectivity index (χ0v) is 8.58. The van der Waals surface area contributed by atoms with E-state index >= 15 is 0 Å². The minimum atomic E-state index is -0.833. The Morgan fingerprint density at radius 2 is 2.00 bits per heavy atom. The van der Waals surface area contributed by atoms with Crippen molar-refractivity contribution in [2.24, 2.45) is 0 Å². The van der Waals surface area contributed by atoms with Gasteiger partial charge >= 0.3 is 5.97 Å². The van der Waals surface area contributed by atoms with E-state index in [-0.39, 0.29) is 6.42 Å². The molecule has 0 aliphatic heterocycles. The van der Waals surface area contributed by atoms with Crippen molar-refractivity contribution in [2.75, 3.05) is 0 Å². The molecule has 0 saturated heterocycles. The zero-order valence-electron chi connectivity index (χ0n) is 8.58. The van der Waals surface area contributed by atoms with Crippen LogP contribution in [0.25, 0.3) is 0 Å². The Balaban J connectivity index is 0. The summed E-state index contributed by atoms with van der Waals surface area (Å²) in [4.78, 5) is 10.2. The van der Waals surface area contributed by atoms with E-state index in [0.717, 1.165) is 5.57 Å². The van der Waals surface area contributed by atoms with E-state index in [0.29, 0.717) is 0 Å². The molecule has 0 atom stereocenters. The molecule has 1 N–H and O–H groups in total. The van der Waals surface area contributed by atoms with Gasteiger partial charge in [0.1, 0.15) is 0 Å². The van der Waals surface area contributed by atoms with Crippen LogP contribution in [0.15, 0.2) is 36.5 Å². The second kappa shape index (κ2) is 10.7. The van der Waals surface area contributed by atoms with E-state index in [1.165, 1.54) is 0 Å². The van der Waals surface area contributed by atoms with Crippen LogP contribution in [0.4, 0.5) is 0 Å². The van der Waals surface area contributed by atoms with Crippen molar-refractivity contribution in [2.45, 2.75) is 27.2 Å². The molecule has 0 heterocycles. The third-order valence-corrected chi connectivity index (χ3v) is 1.12. The summed E-state index contributed by atoms with van der Waals surface area (Å²) in [6, 6.07) is 0. The van der Waals surface area contributed by atoms with Crippen LogP contribution in [0, 0.1) is 0 Å². The van der Waals surface area contributed by atoms with Crippen LogP contribution in [-0.4, -0.2) is 11.1 Å². The number of carbonyl (C=O) groups is 1. The molecule has 0 aromatic rings. The molecule has 0 radical (unpaired) electrons. The number of carboxylic acid groups (broad SMARTS) is 1. The van der Waals surface area contributed by atoms with Crippen molar-refractivity contribution in [3.8, 4) is 0 Å². The summed E-state index contributed by atoms with van der Waals surface area (Å²) in [6.07, 6.45) is 6.95. The van der Waals surface area contributed by atoms with Gasteiger partial charge in [-0.3, -0.25) is 4.79 Å². The quantitative estimate of drug-likeness (QED) is 0.678. The van der Waals surface area contributed by atoms with Gasteiger partial charge in [-0.1, -0.05) is 44.7 Å². The summed E-state index contributed by atoms with van der Waals surface area (Å²) in [6.45, 7) is 9.37. The molecule has 0 spiro atoms. The highest BCUT2D eigenvalue weighted by atomic mass is 16.4. The summed E-state index contributed by atoms with van der Waals surface area (Å²) >= 11 is 0. The standard InChI is InChI=1S/C9H12O2.C2H6/c1-3-5-6-8(4-2)7-9(10)11;1-2/h3-6H,2,7H2,1H3,(H,10,11);1-2H3/b5-3-,8-6+;. The minimum Gasteiger partial charge on any atom is -0.481 e. The number of carboxylic acids is 1. The van der Waals surface area contributed by atoms with Gasteiger partial charge in [-0.15, -0.1) is 0 Å². The fourth-order valence-electron chi connectivity index (χ4n) is 0.594. The van der Waals surface area contributed by atoms with Crippen molar-refractivity contribution >= 4 is 5.97 Å². The van der Waals surface area contributed by atoms with Crippen LogP contribution in [0.2, 0.25) is 0 Å². The summed E-state index contributed by atoms with van der Waals surface area (Å²) in [5.74, 6) is -0.833. The smallest absolute Gasteiger partial charge is 0.307 e. The van der Waals surface area contributed by atoms with Gasteiger partial charge in [0.25, 0.3) is 0 Å². The highest BCUT2D eigenvalue weighted by Crippen LogP contribution is 2.02. The minimum absolute atomic E-state index is 0.0356. The second-order valence-corrected chi connectivity index (χ2v) is 2.04. The van der Waals surface area contributed by atoms with Gasteiger partial charge in [-0.05, 0) is 12.5 Å². The molecule has 0 aliphatic rings. The number of aliphatic carboxylic acids is 1. The first-order valence-electron chi connectivity index (χ1n) is 4.36. The van der Waals surface area contributed by atoms with E-state index in [4.69, 9.17) is 5.11 Å². The highest BCUT2D eigenvalue weighted by Gasteiger charge is 1.97. The average molecular weight is 182 g/mol. The van der Waals surface area contributed by atoms with Crippen LogP contribution in [0.3, 0.4) is 0 Å². The third kappa shape index (κ3) is 10.7. The SMILES string of the molecule is C=C/C(=C\C=C/C)CC(=O)O.CC. The predicted molar refractivity (Wildman–Crippen MR) is 56.7 cm³/mol. The fourth-order valence-corrected chi connectivity index (χ4v) is 0.594. The lowest BCUT2D eigenvalue weighted by Crippen LogP contribution is -1.94. The second-order valence-electron chi connectivity index (χ2n) is 2.04. The van der Waals surface area contributed by atoms with Crippen LogP contribution < -0.4 is 0 Å². The van der Waals surface area contributed by atoms with E-state index in [1.54, 1.807) is 18.2 Å². The third-order valence-electron chi connectivity index (χ3n) is 1.12. The summed E-state index contributed by atoms with van der Waals surface area (Å²) in [7, 11) is 0. The van der Waals surface area contributed by atoms with Crippen LogP contribution in [0.5, 0.6) is 0 Å². The molecule has 0 aromatic heterocycles. The van der Waals surface area contributed by atoms with Gasteiger partial charge in [0, 0.05) is 0 Å². The van der Waals surface area contributed by atoms with Crippen molar-refractivity contribution < 1.29 is 9.90 Å². The molecule has 2 heteroatoms. The van der Waals surface area contributed by atoms with Crippen molar-refractivity contribution in [1.29, 1.82) is 0 Å². The normalized spacial score (nSPS) is 10.5. The van der Waals surface area contributed by atoms with Crippen LogP contribution >= 0.6 is 0 Å². The van der Waals surface area contributed by atoms with Gasteiger partial charge < -0.3 is 5.11 Å². The van der Waals surface area contributed by atoms with Crippen LogP contribution in [-0.2, 0) is 4.79 Å². The molecule has 0 amide bonds. The molecule has 0 saturated carbocycles. The van der Waals surface area contributed by atoms with Crippen molar-refractivity contribution in [1.82, 2.24) is 0 Å². The zero-order chi connectivity index (χ0) is 10.7. The first-order valence-corrected chi connectivity index (χ1v) is 4.36. The summed E-state index contributed by atoms with van der Waals surface area (Å²) in [5, 5.41) is 8.40. The first kappa shape index (κ1) is 14.2. The average Bonchev–Trinajstić information content (AvgIpc) is 2.15. The van der Waals surface area contributed by atoms with Gasteiger partial charge in [0.15, 0.2) is 0 Å². The van der Waals surface area contributed by atoms with Crippen molar-refractivity contribution in [3.05, 3.63) is 36.5 Å². The molecule has 13 heavy (non-hydrogen) atoms. The molecular formula is C11H18O2. The predicted octanol–water partition coefficient (Wildman–Crippen LogP) is 3.18. The Bertz CT molecular complexity index is 200. The van der Waals surface area contributed by atoms with Crippen LogP contribution in [0.1, 0.15) is 27.2 Å². The van der Waals surface area contributed by atoms with Gasteiger partial charge in [0.2, 0.25) is 0 Å². The lowest BCUT2D eigenvalue weighted by molar-refractivity contribution is -0.136. The largest absolute Gasteiger partial charge is 0.481 e. The molecule has 74 valence electrons. The monoisotopic (exact) mass is 182 g/mol. The number of hydrogen-bond acceptors (Lipinski definition) is 1. The molecule has 0 aromatic carbocycles. The van der Waals surface area contributed by atoms with Gasteiger partial charge in [-0.25, -0.2) is 0 Å². The van der Waals surface area contributed by atoms with Gasteiger partial charge in [-0.2, -0.15) is 0 Å². The van der Waals surface area contributed by atoms with Gasteiger partial charge in [0.05, 0.1) is 6.42 Å². The number of allylic oxidation sites excluding steroid dienone is 4. The number of rotatable bonds is 4. The maximum atomic E-state index is 10.2. The van der Waals surface area contributed by atoms with E-state index in [2.05, 4.69) is 6.58 Å². The molecule has 0 unspecified atom stereocenters. The Morgan fingerprint density at radius 1 is 1.46 bits per heavy atom. The maximum Gasteiger partial charge on any atom is 0.307 e. The lowest BCUT2D eigenvalue weighted by Gasteiger charge is -1.93. The van der Waals surface area contributed by atoms with E-state index < -0.39 is 5.97 Å². The Kier molecular flexibility index (Phi) is 11.7. The summed E-state index contributed by atoms with van der Waals surface area (Å²) in [5.41, 5.74) is 0.718.